The minimum atomic E-state index is 0.0941. The zero-order chi connectivity index (χ0) is 18.8. The summed E-state index contributed by atoms with van der Waals surface area (Å²) in [6.45, 7) is 7.91. The molecule has 2 aliphatic rings. The molecule has 0 radical (unpaired) electrons. The Balaban J connectivity index is 1.54. The van der Waals surface area contributed by atoms with Crippen LogP contribution in [0.3, 0.4) is 0 Å². The van der Waals surface area contributed by atoms with Gasteiger partial charge in [-0.25, -0.2) is 0 Å². The van der Waals surface area contributed by atoms with Crippen LogP contribution in [0.5, 0.6) is 0 Å². The molecule has 5 nitrogen and oxygen atoms in total. The molecule has 1 aliphatic carbocycles. The molecule has 6 heteroatoms. The van der Waals surface area contributed by atoms with E-state index in [-0.39, 0.29) is 5.91 Å². The van der Waals surface area contributed by atoms with Gasteiger partial charge in [-0.2, -0.15) is 0 Å². The maximum absolute atomic E-state index is 12.4. The van der Waals surface area contributed by atoms with Crippen molar-refractivity contribution in [2.45, 2.75) is 32.7 Å². The van der Waals surface area contributed by atoms with Crippen molar-refractivity contribution in [2.24, 2.45) is 5.92 Å². The van der Waals surface area contributed by atoms with Gasteiger partial charge in [-0.05, 0) is 55.9 Å². The van der Waals surface area contributed by atoms with Crippen LogP contribution in [0.25, 0.3) is 10.9 Å². The molecule has 1 aromatic heterocycles. The fourth-order valence-electron chi connectivity index (χ4n) is 3.92. The number of carbonyl (C=O) groups is 1. The van der Waals surface area contributed by atoms with E-state index in [1.54, 1.807) is 0 Å². The molecule has 1 N–H and O–H groups in total. The summed E-state index contributed by atoms with van der Waals surface area (Å²) >= 11 is 6.28. The number of fused-ring (bicyclic) bond motifs is 1. The number of carbonyl (C=O) groups excluding carboxylic acids is 1. The molecule has 0 bridgehead atoms. The lowest BCUT2D eigenvalue weighted by molar-refractivity contribution is -0.121. The van der Waals surface area contributed by atoms with Crippen LogP contribution in [0, 0.1) is 12.8 Å². The predicted octanol–water partition coefficient (Wildman–Crippen LogP) is 3.00. The van der Waals surface area contributed by atoms with Crippen molar-refractivity contribution in [2.75, 3.05) is 39.4 Å². The number of benzene rings is 1. The summed E-state index contributed by atoms with van der Waals surface area (Å²) < 4.78 is 7.59. The van der Waals surface area contributed by atoms with Crippen molar-refractivity contribution in [3.05, 3.63) is 34.5 Å². The fraction of sp³-hybridized carbons (Fsp3) is 0.571. The Morgan fingerprint density at radius 2 is 2.07 bits per heavy atom. The van der Waals surface area contributed by atoms with Gasteiger partial charge < -0.3 is 14.6 Å². The average Bonchev–Trinajstić information content (AvgIpc) is 3.46. The summed E-state index contributed by atoms with van der Waals surface area (Å²) in [4.78, 5) is 14.9. The van der Waals surface area contributed by atoms with E-state index in [1.165, 1.54) is 29.5 Å². The highest BCUT2D eigenvalue weighted by Crippen LogP contribution is 2.30. The van der Waals surface area contributed by atoms with E-state index in [2.05, 4.69) is 21.7 Å². The van der Waals surface area contributed by atoms with Crippen molar-refractivity contribution < 1.29 is 9.53 Å². The van der Waals surface area contributed by atoms with Crippen LogP contribution in [-0.2, 0) is 22.5 Å². The minimum Gasteiger partial charge on any atom is -0.379 e. The maximum atomic E-state index is 12.4. The molecule has 146 valence electrons. The molecule has 1 aromatic carbocycles. The summed E-state index contributed by atoms with van der Waals surface area (Å²) in [6.07, 6.45) is 3.45. The smallest absolute Gasteiger partial charge is 0.239 e. The van der Waals surface area contributed by atoms with E-state index in [4.69, 9.17) is 16.3 Å². The van der Waals surface area contributed by atoms with E-state index in [0.717, 1.165) is 56.4 Å². The van der Waals surface area contributed by atoms with Crippen LogP contribution in [0.2, 0.25) is 5.02 Å². The van der Waals surface area contributed by atoms with Crippen LogP contribution >= 0.6 is 11.6 Å². The average molecular weight is 390 g/mol. The second kappa shape index (κ2) is 8.21. The lowest BCUT2D eigenvalue weighted by atomic mass is 10.1. The van der Waals surface area contributed by atoms with Crippen molar-refractivity contribution in [1.29, 1.82) is 0 Å². The van der Waals surface area contributed by atoms with Crippen molar-refractivity contribution in [3.8, 4) is 0 Å². The molecule has 0 unspecified atom stereocenters. The van der Waals surface area contributed by atoms with Crippen molar-refractivity contribution in [1.82, 2.24) is 14.8 Å². The molecule has 0 atom stereocenters. The number of halogens is 1. The van der Waals surface area contributed by atoms with E-state index >= 15 is 0 Å². The number of amides is 1. The lowest BCUT2D eigenvalue weighted by Gasteiger charge is -2.26. The largest absolute Gasteiger partial charge is 0.379 e. The third-order valence-electron chi connectivity index (χ3n) is 5.78. The van der Waals surface area contributed by atoms with Gasteiger partial charge >= 0.3 is 0 Å². The van der Waals surface area contributed by atoms with Gasteiger partial charge in [-0.3, -0.25) is 9.69 Å². The molecule has 27 heavy (non-hydrogen) atoms. The molecule has 1 saturated carbocycles. The first-order valence-corrected chi connectivity index (χ1v) is 10.3. The van der Waals surface area contributed by atoms with E-state index in [0.29, 0.717) is 12.5 Å². The second-order valence-corrected chi connectivity index (χ2v) is 8.20. The van der Waals surface area contributed by atoms with Crippen LogP contribution < -0.4 is 5.32 Å². The van der Waals surface area contributed by atoms with Gasteiger partial charge in [-0.15, -0.1) is 0 Å². The molecule has 2 heterocycles. The minimum absolute atomic E-state index is 0.0941. The first kappa shape index (κ1) is 18.8. The maximum Gasteiger partial charge on any atom is 0.239 e. The number of aromatic nitrogens is 1. The summed E-state index contributed by atoms with van der Waals surface area (Å²) in [5.41, 5.74) is 3.56. The Labute approximate surface area is 165 Å². The number of nitrogens with one attached hydrogen (secondary N) is 1. The summed E-state index contributed by atoms with van der Waals surface area (Å²) in [5, 5.41) is 4.99. The van der Waals surface area contributed by atoms with Crippen LogP contribution in [-0.4, -0.2) is 54.8 Å². The molecule has 1 amide bonds. The number of hydrogen-bond donors (Lipinski definition) is 1. The van der Waals surface area contributed by atoms with E-state index in [9.17, 15) is 4.79 Å². The molecular formula is C21H28ClN3O2. The normalized spacial score (nSPS) is 18.1. The predicted molar refractivity (Wildman–Crippen MR) is 108 cm³/mol. The number of morpholine rings is 1. The Hall–Kier alpha value is -1.56. The molecule has 0 spiro atoms. The fourth-order valence-corrected chi connectivity index (χ4v) is 4.09. The van der Waals surface area contributed by atoms with Crippen molar-refractivity contribution in [3.63, 3.8) is 0 Å². The highest BCUT2D eigenvalue weighted by atomic mass is 35.5. The van der Waals surface area contributed by atoms with E-state index < -0.39 is 0 Å². The zero-order valence-corrected chi connectivity index (χ0v) is 16.7. The van der Waals surface area contributed by atoms with Gasteiger partial charge in [-0.1, -0.05) is 11.6 Å². The van der Waals surface area contributed by atoms with Crippen LogP contribution in [0.15, 0.2) is 18.2 Å². The zero-order valence-electron chi connectivity index (χ0n) is 16.0. The highest BCUT2D eigenvalue weighted by Gasteiger charge is 2.22. The van der Waals surface area contributed by atoms with Crippen molar-refractivity contribution >= 4 is 28.4 Å². The quantitative estimate of drug-likeness (QED) is 0.791. The van der Waals surface area contributed by atoms with Crippen LogP contribution in [0.4, 0.5) is 0 Å². The molecule has 2 fully saturated rings. The van der Waals surface area contributed by atoms with Gasteiger partial charge in [0.05, 0.1) is 13.2 Å². The number of rotatable bonds is 7. The Morgan fingerprint density at radius 1 is 1.30 bits per heavy atom. The highest BCUT2D eigenvalue weighted by molar-refractivity contribution is 6.31. The Kier molecular flexibility index (Phi) is 5.71. The van der Waals surface area contributed by atoms with Gasteiger partial charge in [0, 0.05) is 47.8 Å². The SMILES string of the molecule is Cc1c(CCN2CCOCC2)c2cc(Cl)ccc2n1CC(=O)NCC1CC1. The third kappa shape index (κ3) is 4.48. The molecule has 2 aromatic rings. The first-order chi connectivity index (χ1) is 13.1. The molecule has 1 aliphatic heterocycles. The van der Waals surface area contributed by atoms with Crippen LogP contribution in [0.1, 0.15) is 24.1 Å². The standard InChI is InChI=1S/C21H28ClN3O2/c1-15-18(6-7-24-8-10-27-11-9-24)19-12-17(22)4-5-20(19)25(15)14-21(26)23-13-16-2-3-16/h4-5,12,16H,2-3,6-11,13-14H2,1H3,(H,23,26). The topological polar surface area (TPSA) is 46.5 Å². The van der Waals surface area contributed by atoms with E-state index in [1.807, 2.05) is 18.2 Å². The first-order valence-electron chi connectivity index (χ1n) is 9.96. The molecule has 1 saturated heterocycles. The third-order valence-corrected chi connectivity index (χ3v) is 6.02. The summed E-state index contributed by atoms with van der Waals surface area (Å²) in [5.74, 6) is 0.788. The number of nitrogens with zero attached hydrogens (tertiary/aromatic N) is 2. The van der Waals surface area contributed by atoms with Gasteiger partial charge in [0.2, 0.25) is 5.91 Å². The van der Waals surface area contributed by atoms with Gasteiger partial charge in [0.25, 0.3) is 0 Å². The molecular weight excluding hydrogens is 362 g/mol. The Morgan fingerprint density at radius 3 is 2.81 bits per heavy atom. The summed E-state index contributed by atoms with van der Waals surface area (Å²) in [6, 6.07) is 5.99. The lowest BCUT2D eigenvalue weighted by Crippen LogP contribution is -2.37. The monoisotopic (exact) mass is 389 g/mol. The number of hydrogen-bond acceptors (Lipinski definition) is 3. The molecule has 4 rings (SSSR count). The van der Waals surface area contributed by atoms with Gasteiger partial charge in [0.1, 0.15) is 6.54 Å². The Bertz CT molecular complexity index is 822. The van der Waals surface area contributed by atoms with Gasteiger partial charge in [0.15, 0.2) is 0 Å². The number of ether oxygens (including phenoxy) is 1. The summed E-state index contributed by atoms with van der Waals surface area (Å²) in [7, 11) is 0. The second-order valence-electron chi connectivity index (χ2n) is 7.76.